The van der Waals surface area contributed by atoms with Gasteiger partial charge in [-0.2, -0.15) is 0 Å². The monoisotopic (exact) mass is 288 g/mol. The molecule has 0 heterocycles. The summed E-state index contributed by atoms with van der Waals surface area (Å²) in [7, 11) is 0. The number of rotatable bonds is 2. The maximum absolute atomic E-state index is 11.2. The highest BCUT2D eigenvalue weighted by molar-refractivity contribution is 14.1. The second kappa shape index (κ2) is 4.00. The Labute approximate surface area is 90.5 Å². The van der Waals surface area contributed by atoms with Crippen molar-refractivity contribution in [3.63, 3.8) is 0 Å². The Morgan fingerprint density at radius 3 is 2.54 bits per heavy atom. The first-order chi connectivity index (χ1) is 6.06. The number of hydrogen-bond acceptors (Lipinski definition) is 2. The van der Waals surface area contributed by atoms with E-state index in [9.17, 15) is 9.59 Å². The third-order valence-corrected chi connectivity index (χ3v) is 3.22. The molecule has 0 radical (unpaired) electrons. The van der Waals surface area contributed by atoms with Crippen molar-refractivity contribution < 1.29 is 9.59 Å². The molecule has 0 aromatic heterocycles. The van der Waals surface area contributed by atoms with Crippen molar-refractivity contribution >= 4 is 34.7 Å². The Morgan fingerprint density at radius 1 is 1.46 bits per heavy atom. The summed E-state index contributed by atoms with van der Waals surface area (Å²) < 4.78 is 0.927. The molecular formula is C10H9IO2. The Kier molecular flexibility index (Phi) is 3.19. The van der Waals surface area contributed by atoms with Crippen molar-refractivity contribution in [3.8, 4) is 0 Å². The van der Waals surface area contributed by atoms with Crippen LogP contribution in [0, 0.1) is 10.5 Å². The molecule has 0 aliphatic rings. The maximum atomic E-state index is 11.2. The average Bonchev–Trinajstić information content (AvgIpc) is 2.09. The van der Waals surface area contributed by atoms with Crippen molar-refractivity contribution in [2.24, 2.45) is 0 Å². The number of ketones is 1. The molecule has 2 nitrogen and oxygen atoms in total. The summed E-state index contributed by atoms with van der Waals surface area (Å²) in [4.78, 5) is 21.7. The van der Waals surface area contributed by atoms with Crippen LogP contribution < -0.4 is 0 Å². The smallest absolute Gasteiger partial charge is 0.160 e. The fourth-order valence-electron chi connectivity index (χ4n) is 1.12. The molecule has 0 fully saturated rings. The first kappa shape index (κ1) is 10.4. The molecule has 0 saturated heterocycles. The molecule has 0 unspecified atom stereocenters. The predicted octanol–water partition coefficient (Wildman–Crippen LogP) is 2.61. The van der Waals surface area contributed by atoms with Gasteiger partial charge in [-0.05, 0) is 54.1 Å². The predicted molar refractivity (Wildman–Crippen MR) is 59.3 cm³/mol. The molecule has 0 spiro atoms. The van der Waals surface area contributed by atoms with E-state index >= 15 is 0 Å². The highest BCUT2D eigenvalue weighted by atomic mass is 127. The number of hydrogen-bond donors (Lipinski definition) is 0. The lowest BCUT2D eigenvalue weighted by Crippen LogP contribution is -2.00. The summed E-state index contributed by atoms with van der Waals surface area (Å²) in [6.07, 6.45) is 0.759. The van der Waals surface area contributed by atoms with Crippen molar-refractivity contribution in [1.82, 2.24) is 0 Å². The van der Waals surface area contributed by atoms with Gasteiger partial charge in [-0.1, -0.05) is 0 Å². The first-order valence-electron chi connectivity index (χ1n) is 3.82. The van der Waals surface area contributed by atoms with Gasteiger partial charge in [0.2, 0.25) is 0 Å². The Balaban J connectivity index is 3.41. The zero-order valence-corrected chi connectivity index (χ0v) is 9.58. The minimum atomic E-state index is -0.00352. The van der Waals surface area contributed by atoms with E-state index in [0.717, 1.165) is 15.4 Å². The number of halogens is 1. The van der Waals surface area contributed by atoms with Gasteiger partial charge in [0.25, 0.3) is 0 Å². The van der Waals surface area contributed by atoms with Crippen LogP contribution in [0.25, 0.3) is 0 Å². The van der Waals surface area contributed by atoms with E-state index in [1.54, 1.807) is 12.1 Å². The number of carbonyl (C=O) groups is 2. The molecule has 0 saturated carbocycles. The van der Waals surface area contributed by atoms with Gasteiger partial charge in [0.15, 0.2) is 5.78 Å². The van der Waals surface area contributed by atoms with Gasteiger partial charge in [0.1, 0.15) is 6.29 Å². The zero-order valence-electron chi connectivity index (χ0n) is 7.43. The van der Waals surface area contributed by atoms with Crippen LogP contribution in [0.1, 0.15) is 33.2 Å². The fourth-order valence-corrected chi connectivity index (χ4v) is 1.81. The molecular weight excluding hydrogens is 279 g/mol. The number of benzene rings is 1. The van der Waals surface area contributed by atoms with E-state index in [-0.39, 0.29) is 5.78 Å². The van der Waals surface area contributed by atoms with Crippen LogP contribution in [0.3, 0.4) is 0 Å². The first-order valence-corrected chi connectivity index (χ1v) is 4.90. The lowest BCUT2D eigenvalue weighted by atomic mass is 10.1. The Hall–Kier alpha value is -0.710. The quantitative estimate of drug-likeness (QED) is 0.476. The maximum Gasteiger partial charge on any atom is 0.160 e. The van der Waals surface area contributed by atoms with Crippen molar-refractivity contribution in [1.29, 1.82) is 0 Å². The van der Waals surface area contributed by atoms with E-state index in [1.165, 1.54) is 6.92 Å². The van der Waals surface area contributed by atoms with Crippen LogP contribution in [-0.4, -0.2) is 12.1 Å². The second-order valence-electron chi connectivity index (χ2n) is 2.87. The van der Waals surface area contributed by atoms with E-state index in [1.807, 2.05) is 6.92 Å². The molecule has 0 aliphatic carbocycles. The SMILES string of the molecule is CC(=O)c1cc(C=O)cc(C)c1I. The highest BCUT2D eigenvalue weighted by Crippen LogP contribution is 2.19. The fraction of sp³-hybridized carbons (Fsp3) is 0.200. The van der Waals surface area contributed by atoms with Crippen LogP contribution >= 0.6 is 22.6 Å². The largest absolute Gasteiger partial charge is 0.298 e. The number of aldehydes is 1. The normalized spacial score (nSPS) is 9.77. The van der Waals surface area contributed by atoms with Gasteiger partial charge in [-0.15, -0.1) is 0 Å². The molecule has 13 heavy (non-hydrogen) atoms. The molecule has 0 atom stereocenters. The molecule has 1 rings (SSSR count). The van der Waals surface area contributed by atoms with E-state index in [2.05, 4.69) is 22.6 Å². The molecule has 3 heteroatoms. The third kappa shape index (κ3) is 2.15. The van der Waals surface area contributed by atoms with Crippen molar-refractivity contribution in [2.45, 2.75) is 13.8 Å². The molecule has 1 aromatic rings. The zero-order chi connectivity index (χ0) is 10.0. The van der Waals surface area contributed by atoms with Crippen LogP contribution in [-0.2, 0) is 0 Å². The molecule has 0 amide bonds. The van der Waals surface area contributed by atoms with Gasteiger partial charge in [0.05, 0.1) is 0 Å². The van der Waals surface area contributed by atoms with Crippen LogP contribution in [0.4, 0.5) is 0 Å². The van der Waals surface area contributed by atoms with Crippen LogP contribution in [0.2, 0.25) is 0 Å². The third-order valence-electron chi connectivity index (χ3n) is 1.79. The summed E-state index contributed by atoms with van der Waals surface area (Å²) in [6, 6.07) is 3.41. The van der Waals surface area contributed by atoms with E-state index in [0.29, 0.717) is 11.1 Å². The number of Topliss-reactive ketones (excluding diaryl/α,β-unsaturated/α-hetero) is 1. The highest BCUT2D eigenvalue weighted by Gasteiger charge is 2.08. The van der Waals surface area contributed by atoms with Crippen molar-refractivity contribution in [2.75, 3.05) is 0 Å². The van der Waals surface area contributed by atoms with Crippen molar-refractivity contribution in [3.05, 3.63) is 32.4 Å². The number of aryl methyl sites for hydroxylation is 1. The van der Waals surface area contributed by atoms with Gasteiger partial charge < -0.3 is 0 Å². The number of carbonyl (C=O) groups excluding carboxylic acids is 2. The molecule has 0 aliphatic heterocycles. The summed E-state index contributed by atoms with van der Waals surface area (Å²) in [6.45, 7) is 3.40. The standard InChI is InChI=1S/C10H9IO2/c1-6-3-8(5-12)4-9(7(2)13)10(6)11/h3-5H,1-2H3. The van der Waals surface area contributed by atoms with E-state index < -0.39 is 0 Å². The van der Waals surface area contributed by atoms with Gasteiger partial charge >= 0.3 is 0 Å². The summed E-state index contributed by atoms with van der Waals surface area (Å²) in [5.74, 6) is -0.00352. The topological polar surface area (TPSA) is 34.1 Å². The Morgan fingerprint density at radius 2 is 2.08 bits per heavy atom. The lowest BCUT2D eigenvalue weighted by Gasteiger charge is -2.04. The van der Waals surface area contributed by atoms with Gasteiger partial charge in [-0.25, -0.2) is 0 Å². The molecule has 0 N–H and O–H groups in total. The van der Waals surface area contributed by atoms with Gasteiger partial charge in [0, 0.05) is 14.7 Å². The summed E-state index contributed by atoms with van der Waals surface area (Å²) in [5, 5.41) is 0. The van der Waals surface area contributed by atoms with Crippen LogP contribution in [0.5, 0.6) is 0 Å². The van der Waals surface area contributed by atoms with Gasteiger partial charge in [-0.3, -0.25) is 9.59 Å². The average molecular weight is 288 g/mol. The molecule has 68 valence electrons. The van der Waals surface area contributed by atoms with Crippen LogP contribution in [0.15, 0.2) is 12.1 Å². The summed E-state index contributed by atoms with van der Waals surface area (Å²) in [5.41, 5.74) is 2.15. The Bertz CT molecular complexity index is 369. The minimum absolute atomic E-state index is 0.00352. The second-order valence-corrected chi connectivity index (χ2v) is 3.95. The molecule has 0 bridgehead atoms. The molecule has 1 aromatic carbocycles. The minimum Gasteiger partial charge on any atom is -0.298 e. The lowest BCUT2D eigenvalue weighted by molar-refractivity contribution is 0.101. The summed E-state index contributed by atoms with van der Waals surface area (Å²) >= 11 is 2.12. The van der Waals surface area contributed by atoms with E-state index in [4.69, 9.17) is 0 Å².